The highest BCUT2D eigenvalue weighted by atomic mass is 16.6. The standard InChI is InChI=1S/C12H17NO3/c1-3-9-12(4-2,16-9)7-8-13-10(14)5-6-11(13)15/h5-6,9H,3-4,7-8H2,1-2H3. The Balaban J connectivity index is 1.88. The normalized spacial score (nSPS) is 32.6. The van der Waals surface area contributed by atoms with Gasteiger partial charge in [0, 0.05) is 18.7 Å². The first kappa shape index (κ1) is 11.3. The van der Waals surface area contributed by atoms with Crippen LogP contribution in [-0.4, -0.2) is 35.0 Å². The number of hydrogen-bond acceptors (Lipinski definition) is 3. The molecule has 0 saturated carbocycles. The molecule has 2 atom stereocenters. The molecule has 2 unspecified atom stereocenters. The lowest BCUT2D eigenvalue weighted by Crippen LogP contribution is -2.33. The van der Waals surface area contributed by atoms with Gasteiger partial charge < -0.3 is 4.74 Å². The molecular weight excluding hydrogens is 206 g/mol. The zero-order valence-corrected chi connectivity index (χ0v) is 9.73. The van der Waals surface area contributed by atoms with E-state index in [9.17, 15) is 9.59 Å². The maximum Gasteiger partial charge on any atom is 0.253 e. The number of carbonyl (C=O) groups is 2. The van der Waals surface area contributed by atoms with E-state index in [-0.39, 0.29) is 17.4 Å². The quantitative estimate of drug-likeness (QED) is 0.521. The topological polar surface area (TPSA) is 49.9 Å². The number of rotatable bonds is 5. The van der Waals surface area contributed by atoms with Crippen molar-refractivity contribution in [2.24, 2.45) is 0 Å². The van der Waals surface area contributed by atoms with Gasteiger partial charge in [-0.3, -0.25) is 14.5 Å². The van der Waals surface area contributed by atoms with Crippen molar-refractivity contribution in [3.05, 3.63) is 12.2 Å². The number of hydrogen-bond donors (Lipinski definition) is 0. The van der Waals surface area contributed by atoms with Crippen molar-refractivity contribution in [1.29, 1.82) is 0 Å². The van der Waals surface area contributed by atoms with Crippen LogP contribution in [0.25, 0.3) is 0 Å². The SMILES string of the molecule is CCC1OC1(CC)CCN1C(=O)C=CC1=O. The molecular formula is C12H17NO3. The van der Waals surface area contributed by atoms with Crippen molar-refractivity contribution in [2.45, 2.75) is 44.8 Å². The predicted octanol–water partition coefficient (Wildman–Crippen LogP) is 1.26. The first-order valence-electron chi connectivity index (χ1n) is 5.84. The molecule has 2 aliphatic rings. The van der Waals surface area contributed by atoms with E-state index < -0.39 is 0 Å². The molecule has 4 nitrogen and oxygen atoms in total. The maximum absolute atomic E-state index is 11.3. The van der Waals surface area contributed by atoms with Crippen molar-refractivity contribution in [3.8, 4) is 0 Å². The fraction of sp³-hybridized carbons (Fsp3) is 0.667. The van der Waals surface area contributed by atoms with Gasteiger partial charge in [-0.05, 0) is 19.3 Å². The molecule has 0 aliphatic carbocycles. The molecule has 0 spiro atoms. The summed E-state index contributed by atoms with van der Waals surface area (Å²) in [5, 5.41) is 0. The Morgan fingerprint density at radius 3 is 2.38 bits per heavy atom. The third-order valence-electron chi connectivity index (χ3n) is 3.53. The molecule has 2 amide bonds. The van der Waals surface area contributed by atoms with Crippen LogP contribution in [0.1, 0.15) is 33.1 Å². The van der Waals surface area contributed by atoms with Gasteiger partial charge in [-0.2, -0.15) is 0 Å². The number of ether oxygens (including phenoxy) is 1. The second-order valence-electron chi connectivity index (χ2n) is 4.34. The Morgan fingerprint density at radius 1 is 1.31 bits per heavy atom. The van der Waals surface area contributed by atoms with Gasteiger partial charge in [0.1, 0.15) is 0 Å². The minimum Gasteiger partial charge on any atom is -0.366 e. The Bertz CT molecular complexity index is 332. The number of amides is 2. The van der Waals surface area contributed by atoms with Crippen LogP contribution in [0, 0.1) is 0 Å². The molecule has 16 heavy (non-hydrogen) atoms. The maximum atomic E-state index is 11.3. The van der Waals surface area contributed by atoms with Crippen molar-refractivity contribution in [3.63, 3.8) is 0 Å². The molecule has 4 heteroatoms. The predicted molar refractivity (Wildman–Crippen MR) is 58.7 cm³/mol. The molecule has 0 N–H and O–H groups in total. The average molecular weight is 223 g/mol. The van der Waals surface area contributed by atoms with Crippen LogP contribution in [0.2, 0.25) is 0 Å². The fourth-order valence-corrected chi connectivity index (χ4v) is 2.36. The van der Waals surface area contributed by atoms with Gasteiger partial charge in [-0.25, -0.2) is 0 Å². The molecule has 1 saturated heterocycles. The zero-order valence-electron chi connectivity index (χ0n) is 9.73. The second-order valence-corrected chi connectivity index (χ2v) is 4.34. The lowest BCUT2D eigenvalue weighted by atomic mass is 9.96. The second kappa shape index (κ2) is 4.01. The third-order valence-corrected chi connectivity index (χ3v) is 3.53. The minimum atomic E-state index is -0.204. The van der Waals surface area contributed by atoms with Crippen LogP contribution in [0.15, 0.2) is 12.2 Å². The van der Waals surface area contributed by atoms with Crippen molar-refractivity contribution in [2.75, 3.05) is 6.54 Å². The van der Waals surface area contributed by atoms with Gasteiger partial charge in [0.25, 0.3) is 11.8 Å². The molecule has 2 aliphatic heterocycles. The lowest BCUT2D eigenvalue weighted by molar-refractivity contribution is -0.136. The van der Waals surface area contributed by atoms with Crippen LogP contribution in [0.5, 0.6) is 0 Å². The Labute approximate surface area is 95.2 Å². The van der Waals surface area contributed by atoms with Gasteiger partial charge >= 0.3 is 0 Å². The van der Waals surface area contributed by atoms with Crippen molar-refractivity contribution in [1.82, 2.24) is 4.90 Å². The van der Waals surface area contributed by atoms with Gasteiger partial charge in [-0.1, -0.05) is 13.8 Å². The number of imide groups is 1. The zero-order chi connectivity index (χ0) is 11.8. The van der Waals surface area contributed by atoms with Gasteiger partial charge in [0.05, 0.1) is 11.7 Å². The first-order chi connectivity index (χ1) is 7.63. The van der Waals surface area contributed by atoms with E-state index in [0.29, 0.717) is 12.6 Å². The molecule has 2 heterocycles. The summed E-state index contributed by atoms with van der Waals surface area (Å²) in [6.07, 6.45) is 5.64. The fourth-order valence-electron chi connectivity index (χ4n) is 2.36. The summed E-state index contributed by atoms with van der Waals surface area (Å²) < 4.78 is 5.66. The Kier molecular flexibility index (Phi) is 2.84. The van der Waals surface area contributed by atoms with Crippen molar-refractivity contribution >= 4 is 11.8 Å². The summed E-state index contributed by atoms with van der Waals surface area (Å²) in [5.41, 5.74) is -0.0854. The Morgan fingerprint density at radius 2 is 1.94 bits per heavy atom. The molecule has 2 rings (SSSR count). The summed E-state index contributed by atoms with van der Waals surface area (Å²) >= 11 is 0. The summed E-state index contributed by atoms with van der Waals surface area (Å²) in [4.78, 5) is 24.0. The molecule has 0 radical (unpaired) electrons. The number of epoxide rings is 1. The van der Waals surface area contributed by atoms with E-state index >= 15 is 0 Å². The number of nitrogens with zero attached hydrogens (tertiary/aromatic N) is 1. The molecule has 0 bridgehead atoms. The molecule has 0 aromatic heterocycles. The highest BCUT2D eigenvalue weighted by Crippen LogP contribution is 2.44. The van der Waals surface area contributed by atoms with Crippen LogP contribution in [0.3, 0.4) is 0 Å². The monoisotopic (exact) mass is 223 g/mol. The molecule has 0 aromatic carbocycles. The van der Waals surface area contributed by atoms with Crippen LogP contribution < -0.4 is 0 Å². The third kappa shape index (κ3) is 1.78. The van der Waals surface area contributed by atoms with E-state index in [4.69, 9.17) is 4.74 Å². The summed E-state index contributed by atoms with van der Waals surface area (Å²) in [5.74, 6) is -0.407. The highest BCUT2D eigenvalue weighted by molar-refractivity contribution is 6.12. The molecule has 88 valence electrons. The first-order valence-corrected chi connectivity index (χ1v) is 5.84. The summed E-state index contributed by atoms with van der Waals surface area (Å²) in [6, 6.07) is 0. The van der Waals surface area contributed by atoms with Crippen LogP contribution >= 0.6 is 0 Å². The Hall–Kier alpha value is -1.16. The minimum absolute atomic E-state index is 0.0854. The van der Waals surface area contributed by atoms with Crippen LogP contribution in [-0.2, 0) is 14.3 Å². The van der Waals surface area contributed by atoms with Gasteiger partial charge in [0.15, 0.2) is 0 Å². The number of carbonyl (C=O) groups excluding carboxylic acids is 2. The van der Waals surface area contributed by atoms with Crippen LogP contribution in [0.4, 0.5) is 0 Å². The largest absolute Gasteiger partial charge is 0.366 e. The molecule has 1 fully saturated rings. The van der Waals surface area contributed by atoms with E-state index in [1.807, 2.05) is 0 Å². The van der Waals surface area contributed by atoms with E-state index in [2.05, 4.69) is 13.8 Å². The lowest BCUT2D eigenvalue weighted by Gasteiger charge is -2.16. The smallest absolute Gasteiger partial charge is 0.253 e. The van der Waals surface area contributed by atoms with E-state index in [1.165, 1.54) is 17.1 Å². The highest BCUT2D eigenvalue weighted by Gasteiger charge is 2.53. The van der Waals surface area contributed by atoms with E-state index in [1.54, 1.807) is 0 Å². The summed E-state index contributed by atoms with van der Waals surface area (Å²) in [6.45, 7) is 4.65. The van der Waals surface area contributed by atoms with Gasteiger partial charge in [0.2, 0.25) is 0 Å². The summed E-state index contributed by atoms with van der Waals surface area (Å²) in [7, 11) is 0. The van der Waals surface area contributed by atoms with E-state index in [0.717, 1.165) is 19.3 Å². The van der Waals surface area contributed by atoms with Crippen molar-refractivity contribution < 1.29 is 14.3 Å². The average Bonchev–Trinajstić information content (AvgIpc) is 2.92. The molecule has 0 aromatic rings. The van der Waals surface area contributed by atoms with Gasteiger partial charge in [-0.15, -0.1) is 0 Å².